The van der Waals surface area contributed by atoms with Crippen LogP contribution >= 0.6 is 0 Å². The Morgan fingerprint density at radius 3 is 2.52 bits per heavy atom. The molecule has 0 saturated carbocycles. The van der Waals surface area contributed by atoms with Crippen LogP contribution in [0.25, 0.3) is 0 Å². The molecule has 6 nitrogen and oxygen atoms in total. The Hall–Kier alpha value is -2.76. The van der Waals surface area contributed by atoms with E-state index in [0.29, 0.717) is 30.2 Å². The molecule has 1 heterocycles. The van der Waals surface area contributed by atoms with E-state index < -0.39 is 0 Å². The van der Waals surface area contributed by atoms with E-state index in [1.54, 1.807) is 26.1 Å². The van der Waals surface area contributed by atoms with Crippen LogP contribution < -0.4 is 15.0 Å². The average Bonchev–Trinajstić information content (AvgIpc) is 2.57. The monoisotopic (exact) mass is 316 g/mol. The number of carbonyl (C=O) groups is 1. The lowest BCUT2D eigenvalue weighted by molar-refractivity contribution is 0.0772. The number of hydrogen-bond acceptors (Lipinski definition) is 4. The molecule has 0 aliphatic heterocycles. The highest BCUT2D eigenvalue weighted by Gasteiger charge is 2.12. The van der Waals surface area contributed by atoms with Gasteiger partial charge in [0, 0.05) is 26.4 Å². The Kier molecular flexibility index (Phi) is 5.41. The lowest BCUT2D eigenvalue weighted by Crippen LogP contribution is -2.31. The van der Waals surface area contributed by atoms with Crippen molar-refractivity contribution in [3.63, 3.8) is 0 Å². The van der Waals surface area contributed by atoms with E-state index in [1.165, 1.54) is 22.9 Å². The number of aromatic nitrogens is 1. The van der Waals surface area contributed by atoms with E-state index in [2.05, 4.69) is 0 Å². The summed E-state index contributed by atoms with van der Waals surface area (Å²) < 4.78 is 12.2. The van der Waals surface area contributed by atoms with Crippen LogP contribution in [-0.4, -0.2) is 42.7 Å². The Labute approximate surface area is 134 Å². The van der Waals surface area contributed by atoms with Crippen molar-refractivity contribution >= 4 is 5.91 Å². The van der Waals surface area contributed by atoms with E-state index in [4.69, 9.17) is 9.47 Å². The summed E-state index contributed by atoms with van der Waals surface area (Å²) >= 11 is 0. The van der Waals surface area contributed by atoms with Gasteiger partial charge in [0.1, 0.15) is 6.61 Å². The molecule has 0 unspecified atom stereocenters. The third kappa shape index (κ3) is 4.12. The molecule has 6 heteroatoms. The lowest BCUT2D eigenvalue weighted by Gasteiger charge is -2.18. The molecule has 0 spiro atoms. The maximum Gasteiger partial charge on any atom is 0.255 e. The second-order valence-electron chi connectivity index (χ2n) is 5.09. The molecule has 0 saturated heterocycles. The quantitative estimate of drug-likeness (QED) is 0.811. The minimum absolute atomic E-state index is 0.149. The Balaban J connectivity index is 1.93. The molecule has 23 heavy (non-hydrogen) atoms. The van der Waals surface area contributed by atoms with Crippen molar-refractivity contribution in [2.45, 2.75) is 0 Å². The number of hydrogen-bond donors (Lipinski definition) is 0. The average molecular weight is 316 g/mol. The molecule has 2 rings (SSSR count). The van der Waals surface area contributed by atoms with Gasteiger partial charge in [-0.1, -0.05) is 12.1 Å². The largest absolute Gasteiger partial charge is 0.493 e. The van der Waals surface area contributed by atoms with Crippen molar-refractivity contribution in [1.29, 1.82) is 0 Å². The molecule has 2 aromatic rings. The number of benzene rings is 1. The van der Waals surface area contributed by atoms with Gasteiger partial charge in [0.15, 0.2) is 11.5 Å². The Bertz CT molecular complexity index is 739. The lowest BCUT2D eigenvalue weighted by atomic mass is 10.2. The normalized spacial score (nSPS) is 10.2. The molecule has 0 aliphatic carbocycles. The summed E-state index contributed by atoms with van der Waals surface area (Å²) in [4.78, 5) is 25.2. The first-order valence-electron chi connectivity index (χ1n) is 7.21. The summed E-state index contributed by atoms with van der Waals surface area (Å²) in [7, 11) is 4.89. The van der Waals surface area contributed by atoms with Crippen molar-refractivity contribution in [1.82, 2.24) is 9.47 Å². The van der Waals surface area contributed by atoms with Crippen molar-refractivity contribution in [2.24, 2.45) is 7.05 Å². The molecule has 0 aliphatic rings. The summed E-state index contributed by atoms with van der Waals surface area (Å²) in [6.07, 6.45) is 1.53. The minimum Gasteiger partial charge on any atom is -0.493 e. The van der Waals surface area contributed by atoms with Crippen LogP contribution in [0, 0.1) is 0 Å². The topological polar surface area (TPSA) is 60.8 Å². The predicted octanol–water partition coefficient (Wildman–Crippen LogP) is 1.54. The fourth-order valence-electron chi connectivity index (χ4n) is 2.07. The molecule has 0 bridgehead atoms. The third-order valence-corrected chi connectivity index (χ3v) is 3.43. The number of amides is 1. The van der Waals surface area contributed by atoms with Gasteiger partial charge >= 0.3 is 0 Å². The fraction of sp³-hybridized carbons (Fsp3) is 0.294. The van der Waals surface area contributed by atoms with Gasteiger partial charge in [-0.15, -0.1) is 0 Å². The van der Waals surface area contributed by atoms with Gasteiger partial charge in [-0.05, 0) is 18.2 Å². The molecule has 1 aromatic carbocycles. The van der Waals surface area contributed by atoms with Gasteiger partial charge in [-0.2, -0.15) is 0 Å². The van der Waals surface area contributed by atoms with Gasteiger partial charge in [-0.25, -0.2) is 0 Å². The number of nitrogens with zero attached hydrogens (tertiary/aromatic N) is 2. The number of methoxy groups -OCH3 is 1. The first-order valence-corrected chi connectivity index (χ1v) is 7.21. The number of rotatable bonds is 6. The number of likely N-dealkylation sites (N-methyl/N-ethyl adjacent to an activating group) is 1. The first kappa shape index (κ1) is 16.6. The van der Waals surface area contributed by atoms with Crippen molar-refractivity contribution in [3.8, 4) is 11.5 Å². The maximum atomic E-state index is 12.3. The van der Waals surface area contributed by atoms with E-state index >= 15 is 0 Å². The molecule has 0 radical (unpaired) electrons. The third-order valence-electron chi connectivity index (χ3n) is 3.43. The standard InChI is InChI=1S/C17H20N2O4/c1-18(17(21)13-8-9-16(20)19(2)12-13)10-11-23-15-7-5-4-6-14(15)22-3/h4-9,12H,10-11H2,1-3H3. The van der Waals surface area contributed by atoms with E-state index in [0.717, 1.165) is 0 Å². The minimum atomic E-state index is -0.163. The van der Waals surface area contributed by atoms with Gasteiger partial charge in [0.2, 0.25) is 5.56 Å². The Morgan fingerprint density at radius 1 is 1.17 bits per heavy atom. The molecular weight excluding hydrogens is 296 g/mol. The highest BCUT2D eigenvalue weighted by atomic mass is 16.5. The number of aryl methyl sites for hydroxylation is 1. The number of para-hydroxylation sites is 2. The van der Waals surface area contributed by atoms with Crippen LogP contribution in [0.5, 0.6) is 11.5 Å². The van der Waals surface area contributed by atoms with Crippen LogP contribution in [0.3, 0.4) is 0 Å². The molecule has 0 atom stereocenters. The highest BCUT2D eigenvalue weighted by Crippen LogP contribution is 2.25. The van der Waals surface area contributed by atoms with Gasteiger partial charge < -0.3 is 18.9 Å². The summed E-state index contributed by atoms with van der Waals surface area (Å²) in [5.41, 5.74) is 0.315. The van der Waals surface area contributed by atoms with Gasteiger partial charge in [0.05, 0.1) is 19.2 Å². The smallest absolute Gasteiger partial charge is 0.255 e. The number of pyridine rings is 1. The molecule has 1 amide bonds. The number of carbonyl (C=O) groups excluding carboxylic acids is 1. The van der Waals surface area contributed by atoms with Crippen LogP contribution in [0.15, 0.2) is 47.4 Å². The fourth-order valence-corrected chi connectivity index (χ4v) is 2.07. The van der Waals surface area contributed by atoms with Crippen LogP contribution in [-0.2, 0) is 7.05 Å². The molecular formula is C17H20N2O4. The molecule has 0 fully saturated rings. The van der Waals surface area contributed by atoms with Gasteiger partial charge in [-0.3, -0.25) is 9.59 Å². The summed E-state index contributed by atoms with van der Waals surface area (Å²) in [5.74, 6) is 1.13. The number of ether oxygens (including phenoxy) is 2. The van der Waals surface area contributed by atoms with E-state index in [9.17, 15) is 9.59 Å². The summed E-state index contributed by atoms with van der Waals surface area (Å²) in [6.45, 7) is 0.758. The van der Waals surface area contributed by atoms with Crippen molar-refractivity contribution in [3.05, 3.63) is 58.5 Å². The summed E-state index contributed by atoms with van der Waals surface area (Å²) in [5, 5.41) is 0. The van der Waals surface area contributed by atoms with Crippen LogP contribution in [0.4, 0.5) is 0 Å². The Morgan fingerprint density at radius 2 is 1.87 bits per heavy atom. The zero-order valence-corrected chi connectivity index (χ0v) is 13.5. The molecule has 0 N–H and O–H groups in total. The zero-order valence-electron chi connectivity index (χ0n) is 13.5. The SMILES string of the molecule is COc1ccccc1OCCN(C)C(=O)c1ccc(=O)n(C)c1. The second-order valence-corrected chi connectivity index (χ2v) is 5.09. The van der Waals surface area contributed by atoms with Gasteiger partial charge in [0.25, 0.3) is 5.91 Å². The molecule has 1 aromatic heterocycles. The first-order chi connectivity index (χ1) is 11.0. The van der Waals surface area contributed by atoms with Crippen molar-refractivity contribution in [2.75, 3.05) is 27.3 Å². The van der Waals surface area contributed by atoms with E-state index in [1.807, 2.05) is 24.3 Å². The highest BCUT2D eigenvalue weighted by molar-refractivity contribution is 5.93. The second kappa shape index (κ2) is 7.49. The van der Waals surface area contributed by atoms with Crippen LogP contribution in [0.1, 0.15) is 10.4 Å². The predicted molar refractivity (Wildman–Crippen MR) is 87.1 cm³/mol. The van der Waals surface area contributed by atoms with Crippen LogP contribution in [0.2, 0.25) is 0 Å². The maximum absolute atomic E-state index is 12.3. The summed E-state index contributed by atoms with van der Waals surface area (Å²) in [6, 6.07) is 10.3. The van der Waals surface area contributed by atoms with Crippen molar-refractivity contribution < 1.29 is 14.3 Å². The van der Waals surface area contributed by atoms with E-state index in [-0.39, 0.29) is 11.5 Å². The zero-order chi connectivity index (χ0) is 16.8. The molecule has 122 valence electrons.